The van der Waals surface area contributed by atoms with Crippen molar-refractivity contribution in [2.45, 2.75) is 6.92 Å². The van der Waals surface area contributed by atoms with Gasteiger partial charge in [-0.15, -0.1) is 0 Å². The van der Waals surface area contributed by atoms with Crippen molar-refractivity contribution in [3.63, 3.8) is 0 Å². The summed E-state index contributed by atoms with van der Waals surface area (Å²) >= 11 is 0. The van der Waals surface area contributed by atoms with E-state index in [0.717, 1.165) is 16.8 Å². The van der Waals surface area contributed by atoms with E-state index in [-0.39, 0.29) is 0 Å². The Kier molecular flexibility index (Phi) is 3.01. The lowest BCUT2D eigenvalue weighted by Crippen LogP contribution is -1.92. The third kappa shape index (κ3) is 2.23. The van der Waals surface area contributed by atoms with Crippen molar-refractivity contribution in [1.29, 1.82) is 5.26 Å². The molecule has 4 heteroatoms. The number of hydrogen-bond acceptors (Lipinski definition) is 3. The van der Waals surface area contributed by atoms with E-state index in [9.17, 15) is 0 Å². The first-order chi connectivity index (χ1) is 8.22. The van der Waals surface area contributed by atoms with Gasteiger partial charge in [-0.05, 0) is 18.6 Å². The normalized spacial score (nSPS) is 10.6. The zero-order valence-corrected chi connectivity index (χ0v) is 9.75. The number of pyridine rings is 1. The van der Waals surface area contributed by atoms with Crippen LogP contribution in [-0.4, -0.2) is 14.8 Å². The fraction of sp³-hybridized carbons (Fsp3) is 0.154. The van der Waals surface area contributed by atoms with E-state index >= 15 is 0 Å². The van der Waals surface area contributed by atoms with Crippen molar-refractivity contribution in [2.24, 2.45) is 7.05 Å². The molecule has 2 heterocycles. The lowest BCUT2D eigenvalue weighted by Gasteiger charge is -1.96. The van der Waals surface area contributed by atoms with Crippen LogP contribution in [0.4, 0.5) is 0 Å². The maximum atomic E-state index is 8.93. The van der Waals surface area contributed by atoms with Gasteiger partial charge in [-0.1, -0.05) is 12.2 Å². The molecule has 0 saturated heterocycles. The second kappa shape index (κ2) is 4.62. The average Bonchev–Trinajstić information content (AvgIpc) is 2.68. The summed E-state index contributed by atoms with van der Waals surface area (Å²) in [4.78, 5) is 3.92. The van der Waals surface area contributed by atoms with Crippen molar-refractivity contribution in [1.82, 2.24) is 14.8 Å². The topological polar surface area (TPSA) is 54.5 Å². The van der Waals surface area contributed by atoms with Gasteiger partial charge in [-0.3, -0.25) is 9.67 Å². The maximum absolute atomic E-state index is 8.93. The van der Waals surface area contributed by atoms with Crippen LogP contribution in [0.2, 0.25) is 0 Å². The highest BCUT2D eigenvalue weighted by molar-refractivity contribution is 5.72. The number of hydrogen-bond donors (Lipinski definition) is 0. The summed E-state index contributed by atoms with van der Waals surface area (Å²) < 4.78 is 1.82. The summed E-state index contributed by atoms with van der Waals surface area (Å²) in [5.74, 6) is 0. The molecular weight excluding hydrogens is 212 g/mol. The highest BCUT2D eigenvalue weighted by Gasteiger charge is 2.00. The summed E-state index contributed by atoms with van der Waals surface area (Å²) in [5.41, 5.74) is 3.58. The molecule has 0 radical (unpaired) electrons. The summed E-state index contributed by atoms with van der Waals surface area (Å²) in [5, 5.41) is 13.1. The van der Waals surface area contributed by atoms with Gasteiger partial charge < -0.3 is 0 Å². The molecule has 0 amide bonds. The first kappa shape index (κ1) is 11.1. The van der Waals surface area contributed by atoms with Gasteiger partial charge in [-0.2, -0.15) is 10.4 Å². The SMILES string of the molecule is Cc1c(C=Cc2ccncc2C#N)cnn1C. The van der Waals surface area contributed by atoms with E-state index in [4.69, 9.17) is 5.26 Å². The Morgan fingerprint density at radius 3 is 2.71 bits per heavy atom. The molecule has 0 aliphatic heterocycles. The fourth-order valence-corrected chi connectivity index (χ4v) is 1.50. The second-order valence-corrected chi connectivity index (χ2v) is 3.72. The summed E-state index contributed by atoms with van der Waals surface area (Å²) in [6.07, 6.45) is 8.91. The molecule has 0 spiro atoms. The molecule has 2 rings (SSSR count). The quantitative estimate of drug-likeness (QED) is 0.785. The van der Waals surface area contributed by atoms with Crippen LogP contribution in [0.25, 0.3) is 12.2 Å². The molecule has 84 valence electrons. The molecule has 0 aromatic carbocycles. The lowest BCUT2D eigenvalue weighted by atomic mass is 10.1. The molecule has 0 saturated carbocycles. The minimum atomic E-state index is 0.574. The van der Waals surface area contributed by atoms with Gasteiger partial charge in [0.15, 0.2) is 0 Å². The van der Waals surface area contributed by atoms with Crippen molar-refractivity contribution < 1.29 is 0 Å². The molecule has 0 aliphatic carbocycles. The van der Waals surface area contributed by atoms with Crippen LogP contribution in [0.1, 0.15) is 22.4 Å². The Morgan fingerprint density at radius 1 is 1.29 bits per heavy atom. The third-order valence-corrected chi connectivity index (χ3v) is 2.69. The molecule has 4 nitrogen and oxygen atoms in total. The first-order valence-corrected chi connectivity index (χ1v) is 5.23. The van der Waals surface area contributed by atoms with Gasteiger partial charge in [-0.25, -0.2) is 0 Å². The summed E-state index contributed by atoms with van der Waals surface area (Å²) in [6.45, 7) is 2.00. The van der Waals surface area contributed by atoms with Crippen molar-refractivity contribution in [3.8, 4) is 6.07 Å². The van der Waals surface area contributed by atoms with Crippen molar-refractivity contribution >= 4 is 12.2 Å². The Balaban J connectivity index is 2.33. The summed E-state index contributed by atoms with van der Waals surface area (Å²) in [7, 11) is 1.90. The number of nitriles is 1. The molecule has 17 heavy (non-hydrogen) atoms. The number of rotatable bonds is 2. The molecule has 0 N–H and O–H groups in total. The molecular formula is C13H12N4. The highest BCUT2D eigenvalue weighted by atomic mass is 15.3. The fourth-order valence-electron chi connectivity index (χ4n) is 1.50. The number of aromatic nitrogens is 3. The Bertz CT molecular complexity index is 602. The Morgan fingerprint density at radius 2 is 2.06 bits per heavy atom. The molecule has 2 aromatic heterocycles. The Labute approximate surface area is 99.8 Å². The number of nitrogens with zero attached hydrogens (tertiary/aromatic N) is 4. The van der Waals surface area contributed by atoms with Gasteiger partial charge >= 0.3 is 0 Å². The van der Waals surface area contributed by atoms with E-state index in [0.29, 0.717) is 5.56 Å². The predicted molar refractivity (Wildman–Crippen MR) is 65.8 cm³/mol. The molecule has 0 atom stereocenters. The Hall–Kier alpha value is -2.41. The highest BCUT2D eigenvalue weighted by Crippen LogP contribution is 2.13. The smallest absolute Gasteiger partial charge is 0.101 e. The molecule has 0 unspecified atom stereocenters. The summed E-state index contributed by atoms with van der Waals surface area (Å²) in [6, 6.07) is 3.94. The minimum Gasteiger partial charge on any atom is -0.272 e. The minimum absolute atomic E-state index is 0.574. The van der Waals surface area contributed by atoms with Gasteiger partial charge in [0.05, 0.1) is 11.8 Å². The van der Waals surface area contributed by atoms with Crippen LogP contribution in [0.3, 0.4) is 0 Å². The monoisotopic (exact) mass is 224 g/mol. The van der Waals surface area contributed by atoms with Gasteiger partial charge in [0, 0.05) is 30.7 Å². The lowest BCUT2D eigenvalue weighted by molar-refractivity contribution is 0.740. The number of aryl methyl sites for hydroxylation is 1. The van der Waals surface area contributed by atoms with Crippen LogP contribution in [0, 0.1) is 18.3 Å². The van der Waals surface area contributed by atoms with E-state index in [1.54, 1.807) is 18.6 Å². The van der Waals surface area contributed by atoms with E-state index in [1.165, 1.54) is 0 Å². The van der Waals surface area contributed by atoms with Crippen molar-refractivity contribution in [3.05, 3.63) is 47.0 Å². The third-order valence-electron chi connectivity index (χ3n) is 2.69. The van der Waals surface area contributed by atoms with Crippen LogP contribution in [0.15, 0.2) is 24.7 Å². The van der Waals surface area contributed by atoms with Crippen LogP contribution >= 0.6 is 0 Å². The predicted octanol–water partition coefficient (Wildman–Crippen LogP) is 2.17. The second-order valence-electron chi connectivity index (χ2n) is 3.72. The first-order valence-electron chi connectivity index (χ1n) is 5.23. The average molecular weight is 224 g/mol. The molecule has 0 aliphatic rings. The van der Waals surface area contributed by atoms with E-state index < -0.39 is 0 Å². The van der Waals surface area contributed by atoms with Gasteiger partial charge in [0.25, 0.3) is 0 Å². The van der Waals surface area contributed by atoms with Gasteiger partial charge in [0.2, 0.25) is 0 Å². The molecule has 0 fully saturated rings. The van der Waals surface area contributed by atoms with Crippen LogP contribution in [0.5, 0.6) is 0 Å². The van der Waals surface area contributed by atoms with Crippen LogP contribution < -0.4 is 0 Å². The van der Waals surface area contributed by atoms with Gasteiger partial charge in [0.1, 0.15) is 6.07 Å². The van der Waals surface area contributed by atoms with Crippen molar-refractivity contribution in [2.75, 3.05) is 0 Å². The zero-order valence-electron chi connectivity index (χ0n) is 9.75. The van der Waals surface area contributed by atoms with E-state index in [2.05, 4.69) is 16.2 Å². The zero-order chi connectivity index (χ0) is 12.3. The maximum Gasteiger partial charge on any atom is 0.101 e. The largest absolute Gasteiger partial charge is 0.272 e. The van der Waals surface area contributed by atoms with E-state index in [1.807, 2.05) is 36.9 Å². The molecule has 0 bridgehead atoms. The molecule has 2 aromatic rings. The van der Waals surface area contributed by atoms with Crippen LogP contribution in [-0.2, 0) is 7.05 Å². The standard InChI is InChI=1S/C13H12N4/c1-10-12(9-16-17(10)2)4-3-11-5-6-15-8-13(11)7-14/h3-6,8-9H,1-2H3.